The molecule has 0 aliphatic heterocycles. The van der Waals surface area contributed by atoms with E-state index in [0.29, 0.717) is 0 Å². The van der Waals surface area contributed by atoms with Crippen LogP contribution in [0.5, 0.6) is 0 Å². The Hall–Kier alpha value is -1.06. The van der Waals surface area contributed by atoms with Crippen molar-refractivity contribution >= 4 is 10.0 Å². The number of rotatable bonds is 6. The zero-order chi connectivity index (χ0) is 15.6. The van der Waals surface area contributed by atoms with E-state index in [2.05, 4.69) is 5.32 Å². The molecule has 1 aromatic heterocycles. The van der Waals surface area contributed by atoms with Crippen molar-refractivity contribution in [3.8, 4) is 0 Å². The van der Waals surface area contributed by atoms with Gasteiger partial charge in [-0.1, -0.05) is 0 Å². The van der Waals surface area contributed by atoms with Crippen LogP contribution in [-0.4, -0.2) is 39.0 Å². The number of sulfonamides is 1. The molecule has 1 atom stereocenters. The molecule has 5 nitrogen and oxygen atoms in total. The average Bonchev–Trinajstić information content (AvgIpc) is 2.72. The molecule has 0 aromatic carbocycles. The molecule has 1 unspecified atom stereocenters. The molecule has 0 amide bonds. The van der Waals surface area contributed by atoms with Gasteiger partial charge >= 0.3 is 6.18 Å². The first kappa shape index (κ1) is 17.0. The fraction of sp³-hybridized carbons (Fsp3) is 0.636. The van der Waals surface area contributed by atoms with Crippen molar-refractivity contribution < 1.29 is 26.0 Å². The quantitative estimate of drug-likeness (QED) is 0.872. The minimum atomic E-state index is -4.24. The maximum absolute atomic E-state index is 12.1. The molecule has 0 fully saturated rings. The molecule has 1 rings (SSSR count). The van der Waals surface area contributed by atoms with Gasteiger partial charge in [0.1, 0.15) is 5.76 Å². The van der Waals surface area contributed by atoms with Crippen molar-refractivity contribution in [3.63, 3.8) is 0 Å². The lowest BCUT2D eigenvalue weighted by atomic mass is 10.2. The second kappa shape index (κ2) is 6.15. The van der Waals surface area contributed by atoms with Crippen LogP contribution in [0, 0.1) is 0 Å². The third-order valence-corrected chi connectivity index (χ3v) is 4.22. The van der Waals surface area contributed by atoms with E-state index in [1.807, 2.05) is 0 Å². The number of halogens is 3. The molecular formula is C11H17F3N2O3S. The Morgan fingerprint density at radius 1 is 1.35 bits per heavy atom. The lowest BCUT2D eigenvalue weighted by Crippen LogP contribution is -2.30. The zero-order valence-corrected chi connectivity index (χ0v) is 12.2. The maximum atomic E-state index is 12.1. The fourth-order valence-corrected chi connectivity index (χ4v) is 2.28. The molecule has 1 aromatic rings. The van der Waals surface area contributed by atoms with Gasteiger partial charge in [-0.05, 0) is 19.1 Å². The molecule has 0 aliphatic rings. The van der Waals surface area contributed by atoms with E-state index < -0.39 is 28.7 Å². The Labute approximate surface area is 115 Å². The fourth-order valence-electron chi connectivity index (χ4n) is 1.47. The Balaban J connectivity index is 2.62. The third kappa shape index (κ3) is 4.80. The average molecular weight is 314 g/mol. The second-order valence-corrected chi connectivity index (χ2v) is 6.69. The van der Waals surface area contributed by atoms with E-state index in [9.17, 15) is 21.6 Å². The first-order valence-corrected chi connectivity index (χ1v) is 7.28. The summed E-state index contributed by atoms with van der Waals surface area (Å²) in [6, 6.07) is 1.92. The van der Waals surface area contributed by atoms with Gasteiger partial charge in [0.15, 0.2) is 0 Å². The predicted molar refractivity (Wildman–Crippen MR) is 66.6 cm³/mol. The normalized spacial score (nSPS) is 14.8. The van der Waals surface area contributed by atoms with Gasteiger partial charge in [-0.3, -0.25) is 0 Å². The van der Waals surface area contributed by atoms with Crippen LogP contribution in [-0.2, 0) is 16.6 Å². The molecule has 1 heterocycles. The number of furan rings is 1. The van der Waals surface area contributed by atoms with Crippen LogP contribution in [0.4, 0.5) is 13.2 Å². The first-order chi connectivity index (χ1) is 9.02. The number of alkyl halides is 3. The highest BCUT2D eigenvalue weighted by molar-refractivity contribution is 7.88. The van der Waals surface area contributed by atoms with Crippen molar-refractivity contribution in [1.29, 1.82) is 0 Å². The van der Waals surface area contributed by atoms with Gasteiger partial charge in [0.25, 0.3) is 10.0 Å². The highest BCUT2D eigenvalue weighted by atomic mass is 32.2. The van der Waals surface area contributed by atoms with Gasteiger partial charge in [0.05, 0.1) is 13.0 Å². The van der Waals surface area contributed by atoms with Gasteiger partial charge in [0.2, 0.25) is 5.09 Å². The minimum absolute atomic E-state index is 0.0280. The second-order valence-electron chi connectivity index (χ2n) is 4.61. The van der Waals surface area contributed by atoms with Gasteiger partial charge in [-0.15, -0.1) is 0 Å². The summed E-state index contributed by atoms with van der Waals surface area (Å²) in [4.78, 5) is 0. The Morgan fingerprint density at radius 2 is 1.95 bits per heavy atom. The van der Waals surface area contributed by atoms with Gasteiger partial charge in [-0.2, -0.15) is 13.2 Å². The summed E-state index contributed by atoms with van der Waals surface area (Å²) < 4.78 is 66.0. The molecular weight excluding hydrogens is 297 g/mol. The summed E-state index contributed by atoms with van der Waals surface area (Å²) in [6.45, 7) is 1.42. The molecule has 0 bridgehead atoms. The van der Waals surface area contributed by atoms with Crippen LogP contribution < -0.4 is 5.32 Å². The lowest BCUT2D eigenvalue weighted by Gasteiger charge is -2.14. The Morgan fingerprint density at radius 3 is 2.45 bits per heavy atom. The van der Waals surface area contributed by atoms with Crippen LogP contribution in [0.15, 0.2) is 21.6 Å². The van der Waals surface area contributed by atoms with Crippen LogP contribution in [0.1, 0.15) is 19.1 Å². The van der Waals surface area contributed by atoms with Gasteiger partial charge in [0, 0.05) is 20.1 Å². The monoisotopic (exact) mass is 314 g/mol. The lowest BCUT2D eigenvalue weighted by molar-refractivity contribution is -0.139. The van der Waals surface area contributed by atoms with E-state index in [-0.39, 0.29) is 17.4 Å². The number of hydrogen-bond donors (Lipinski definition) is 1. The first-order valence-electron chi connectivity index (χ1n) is 5.84. The molecule has 0 spiro atoms. The zero-order valence-electron chi connectivity index (χ0n) is 11.4. The smallest absolute Gasteiger partial charge is 0.390 e. The summed E-state index contributed by atoms with van der Waals surface area (Å²) in [5.41, 5.74) is 0. The van der Waals surface area contributed by atoms with Gasteiger partial charge in [-0.25, -0.2) is 12.7 Å². The van der Waals surface area contributed by atoms with Crippen molar-refractivity contribution in [3.05, 3.63) is 17.9 Å². The summed E-state index contributed by atoms with van der Waals surface area (Å²) in [5, 5.41) is 2.39. The highest BCUT2D eigenvalue weighted by Crippen LogP contribution is 2.22. The minimum Gasteiger partial charge on any atom is -0.447 e. The highest BCUT2D eigenvalue weighted by Gasteiger charge is 2.30. The van der Waals surface area contributed by atoms with Crippen molar-refractivity contribution in [2.75, 3.05) is 14.1 Å². The molecule has 116 valence electrons. The standard InChI is InChI=1S/C11H17F3N2O3S/c1-8(6-11(12,13)14)15-7-9-4-5-10(19-9)20(17,18)16(2)3/h4-5,8,15H,6-7H2,1-3H3. The van der Waals surface area contributed by atoms with E-state index in [0.717, 1.165) is 4.31 Å². The summed E-state index contributed by atoms with van der Waals surface area (Å²) in [6.07, 6.45) is -5.20. The Kier molecular flexibility index (Phi) is 5.22. The molecule has 9 heteroatoms. The van der Waals surface area contributed by atoms with Crippen LogP contribution >= 0.6 is 0 Å². The molecule has 20 heavy (non-hydrogen) atoms. The Bertz CT molecular complexity index is 537. The maximum Gasteiger partial charge on any atom is 0.390 e. The van der Waals surface area contributed by atoms with E-state index in [1.54, 1.807) is 0 Å². The van der Waals surface area contributed by atoms with E-state index in [1.165, 1.54) is 33.2 Å². The summed E-state index contributed by atoms with van der Waals surface area (Å²) >= 11 is 0. The molecule has 0 aliphatic carbocycles. The van der Waals surface area contributed by atoms with Gasteiger partial charge < -0.3 is 9.73 Å². The van der Waals surface area contributed by atoms with Crippen LogP contribution in [0.3, 0.4) is 0 Å². The van der Waals surface area contributed by atoms with E-state index in [4.69, 9.17) is 4.42 Å². The molecule has 0 saturated carbocycles. The number of hydrogen-bond acceptors (Lipinski definition) is 4. The number of nitrogens with one attached hydrogen (secondary N) is 1. The van der Waals surface area contributed by atoms with Crippen molar-refractivity contribution in [2.45, 2.75) is 37.2 Å². The van der Waals surface area contributed by atoms with Crippen LogP contribution in [0.25, 0.3) is 0 Å². The third-order valence-electron chi connectivity index (χ3n) is 2.53. The molecule has 0 saturated heterocycles. The summed E-state index contributed by atoms with van der Waals surface area (Å²) in [5.74, 6) is 0.263. The molecule has 1 N–H and O–H groups in total. The summed E-state index contributed by atoms with van der Waals surface area (Å²) in [7, 11) is -0.940. The molecule has 0 radical (unpaired) electrons. The number of nitrogens with zero attached hydrogens (tertiary/aromatic N) is 1. The van der Waals surface area contributed by atoms with Crippen molar-refractivity contribution in [1.82, 2.24) is 9.62 Å². The SMILES string of the molecule is CC(CC(F)(F)F)NCc1ccc(S(=O)(=O)N(C)C)o1. The topological polar surface area (TPSA) is 62.6 Å². The van der Waals surface area contributed by atoms with E-state index >= 15 is 0 Å². The predicted octanol–water partition coefficient (Wildman–Crippen LogP) is 1.96. The van der Waals surface area contributed by atoms with Crippen molar-refractivity contribution in [2.24, 2.45) is 0 Å². The largest absolute Gasteiger partial charge is 0.447 e. The van der Waals surface area contributed by atoms with Crippen LogP contribution in [0.2, 0.25) is 0 Å².